The molecule has 0 saturated carbocycles. The van der Waals surface area contributed by atoms with E-state index in [2.05, 4.69) is 5.32 Å². The lowest BCUT2D eigenvalue weighted by Crippen LogP contribution is -2.40. The standard InChI is InChI=1S/C23H23F3N2O5S/c24-23(25,26)17-3-8-20-16(2-1-11-33-21(20)15-17)14-22(29)27-18-4-6-19(7-5-18)34(30,31)28-9-12-32-13-10-28/h3-8,14-15H,1-2,9-13H2,(H,27,29). The third-order valence-corrected chi connectivity index (χ3v) is 7.45. The fourth-order valence-corrected chi connectivity index (χ4v) is 5.20. The largest absolute Gasteiger partial charge is 0.493 e. The number of rotatable bonds is 4. The molecule has 2 aliphatic heterocycles. The van der Waals surface area contributed by atoms with E-state index in [9.17, 15) is 26.4 Å². The number of carbonyl (C=O) groups is 1. The normalized spacial score (nSPS) is 18.6. The molecule has 2 heterocycles. The van der Waals surface area contributed by atoms with Crippen LogP contribution in [0, 0.1) is 0 Å². The third-order valence-electron chi connectivity index (χ3n) is 5.54. The van der Waals surface area contributed by atoms with Gasteiger partial charge in [-0.2, -0.15) is 17.5 Å². The molecule has 0 spiro atoms. The number of amides is 1. The number of allylic oxidation sites excluding steroid dienone is 1. The second-order valence-electron chi connectivity index (χ2n) is 7.86. The van der Waals surface area contributed by atoms with Crippen molar-refractivity contribution in [1.82, 2.24) is 4.31 Å². The molecule has 0 aromatic heterocycles. The van der Waals surface area contributed by atoms with Crippen LogP contribution in [0.25, 0.3) is 5.57 Å². The van der Waals surface area contributed by atoms with Gasteiger partial charge in [0, 0.05) is 30.4 Å². The first kappa shape index (κ1) is 24.2. The maximum absolute atomic E-state index is 13.0. The molecule has 1 N–H and O–H groups in total. The smallest absolute Gasteiger partial charge is 0.416 e. The lowest BCUT2D eigenvalue weighted by atomic mass is 9.99. The molecule has 1 fully saturated rings. The number of nitrogens with one attached hydrogen (secondary N) is 1. The van der Waals surface area contributed by atoms with Gasteiger partial charge in [0.25, 0.3) is 0 Å². The van der Waals surface area contributed by atoms with Crippen LogP contribution in [0.4, 0.5) is 18.9 Å². The Kier molecular flexibility index (Phi) is 6.96. The molecule has 4 rings (SSSR count). The zero-order chi connectivity index (χ0) is 24.3. The predicted molar refractivity (Wildman–Crippen MR) is 119 cm³/mol. The summed E-state index contributed by atoms with van der Waals surface area (Å²) in [5.41, 5.74) is 0.571. The quantitative estimate of drug-likeness (QED) is 0.649. The number of morpholine rings is 1. The van der Waals surface area contributed by atoms with Gasteiger partial charge in [0.05, 0.1) is 30.3 Å². The molecule has 34 heavy (non-hydrogen) atoms. The Hall–Kier alpha value is -2.89. The number of alkyl halides is 3. The highest BCUT2D eigenvalue weighted by atomic mass is 32.2. The number of ether oxygens (including phenoxy) is 2. The number of hydrogen-bond acceptors (Lipinski definition) is 5. The lowest BCUT2D eigenvalue weighted by molar-refractivity contribution is -0.137. The summed E-state index contributed by atoms with van der Waals surface area (Å²) in [6.07, 6.45) is -2.15. The summed E-state index contributed by atoms with van der Waals surface area (Å²) in [4.78, 5) is 12.7. The molecule has 1 amide bonds. The summed E-state index contributed by atoms with van der Waals surface area (Å²) in [6, 6.07) is 9.04. The number of hydrogen-bond donors (Lipinski definition) is 1. The molecule has 2 aliphatic rings. The Labute approximate surface area is 195 Å². The molecule has 0 unspecified atom stereocenters. The van der Waals surface area contributed by atoms with E-state index in [1.807, 2.05) is 0 Å². The molecule has 2 aromatic carbocycles. The van der Waals surface area contributed by atoms with Gasteiger partial charge in [-0.25, -0.2) is 8.42 Å². The van der Waals surface area contributed by atoms with Gasteiger partial charge >= 0.3 is 6.18 Å². The second-order valence-corrected chi connectivity index (χ2v) is 9.80. The minimum absolute atomic E-state index is 0.0871. The van der Waals surface area contributed by atoms with E-state index in [0.717, 1.165) is 12.1 Å². The Bertz CT molecular complexity index is 1190. The van der Waals surface area contributed by atoms with Gasteiger partial charge < -0.3 is 14.8 Å². The summed E-state index contributed by atoms with van der Waals surface area (Å²) in [5, 5.41) is 2.67. The van der Waals surface area contributed by atoms with Gasteiger partial charge in [-0.1, -0.05) is 6.07 Å². The molecular formula is C23H23F3N2O5S. The number of halogens is 3. The van der Waals surface area contributed by atoms with Crippen molar-refractivity contribution in [3.63, 3.8) is 0 Å². The minimum atomic E-state index is -4.49. The van der Waals surface area contributed by atoms with Crippen LogP contribution in [0.2, 0.25) is 0 Å². The number of anilines is 1. The lowest BCUT2D eigenvalue weighted by Gasteiger charge is -2.26. The number of benzene rings is 2. The van der Waals surface area contributed by atoms with Crippen LogP contribution in [0.15, 0.2) is 53.4 Å². The third kappa shape index (κ3) is 5.43. The Morgan fingerprint density at radius 2 is 1.74 bits per heavy atom. The van der Waals surface area contributed by atoms with E-state index in [4.69, 9.17) is 9.47 Å². The van der Waals surface area contributed by atoms with Crippen LogP contribution in [0.1, 0.15) is 24.0 Å². The van der Waals surface area contributed by atoms with Crippen molar-refractivity contribution in [2.45, 2.75) is 23.9 Å². The Morgan fingerprint density at radius 3 is 2.41 bits per heavy atom. The minimum Gasteiger partial charge on any atom is -0.493 e. The van der Waals surface area contributed by atoms with Crippen molar-refractivity contribution in [3.05, 3.63) is 59.7 Å². The number of fused-ring (bicyclic) bond motifs is 1. The monoisotopic (exact) mass is 496 g/mol. The zero-order valence-corrected chi connectivity index (χ0v) is 18.9. The van der Waals surface area contributed by atoms with E-state index in [-0.39, 0.29) is 30.3 Å². The topological polar surface area (TPSA) is 84.9 Å². The van der Waals surface area contributed by atoms with Crippen molar-refractivity contribution in [1.29, 1.82) is 0 Å². The number of sulfonamides is 1. The van der Waals surface area contributed by atoms with Gasteiger partial charge in [0.2, 0.25) is 15.9 Å². The predicted octanol–water partition coefficient (Wildman–Crippen LogP) is 3.92. The van der Waals surface area contributed by atoms with Crippen LogP contribution in [0.3, 0.4) is 0 Å². The van der Waals surface area contributed by atoms with E-state index < -0.39 is 27.7 Å². The zero-order valence-electron chi connectivity index (χ0n) is 18.1. The fourth-order valence-electron chi connectivity index (χ4n) is 3.80. The molecular weight excluding hydrogens is 473 g/mol. The average Bonchev–Trinajstić information content (AvgIpc) is 3.01. The average molecular weight is 497 g/mol. The first-order valence-electron chi connectivity index (χ1n) is 10.7. The molecule has 2 aromatic rings. The van der Waals surface area contributed by atoms with Crippen LogP contribution >= 0.6 is 0 Å². The summed E-state index contributed by atoms with van der Waals surface area (Å²) < 4.78 is 76.5. The van der Waals surface area contributed by atoms with E-state index >= 15 is 0 Å². The summed E-state index contributed by atoms with van der Waals surface area (Å²) in [7, 11) is -3.65. The van der Waals surface area contributed by atoms with Crippen molar-refractivity contribution in [2.24, 2.45) is 0 Å². The summed E-state index contributed by atoms with van der Waals surface area (Å²) in [6.45, 7) is 1.49. The van der Waals surface area contributed by atoms with E-state index in [1.54, 1.807) is 0 Å². The molecule has 1 saturated heterocycles. The van der Waals surface area contributed by atoms with Gasteiger partial charge in [-0.05, 0) is 54.8 Å². The maximum Gasteiger partial charge on any atom is 0.416 e. The molecule has 7 nitrogen and oxygen atoms in total. The van der Waals surface area contributed by atoms with Crippen LogP contribution < -0.4 is 10.1 Å². The first-order valence-corrected chi connectivity index (χ1v) is 12.1. The Morgan fingerprint density at radius 1 is 1.03 bits per heavy atom. The SMILES string of the molecule is O=C(C=C1CCCOc2cc(C(F)(F)F)ccc21)Nc1ccc(S(=O)(=O)N2CCOCC2)cc1. The van der Waals surface area contributed by atoms with Gasteiger partial charge in [0.1, 0.15) is 5.75 Å². The summed E-state index contributed by atoms with van der Waals surface area (Å²) >= 11 is 0. The highest BCUT2D eigenvalue weighted by molar-refractivity contribution is 7.89. The summed E-state index contributed by atoms with van der Waals surface area (Å²) in [5.74, 6) is -0.393. The fraction of sp³-hybridized carbons (Fsp3) is 0.348. The van der Waals surface area contributed by atoms with Gasteiger partial charge in [-0.15, -0.1) is 0 Å². The van der Waals surface area contributed by atoms with Gasteiger partial charge in [0.15, 0.2) is 0 Å². The number of nitrogens with zero attached hydrogens (tertiary/aromatic N) is 1. The molecule has 0 bridgehead atoms. The first-order chi connectivity index (χ1) is 16.1. The molecule has 0 aliphatic carbocycles. The number of carbonyl (C=O) groups excluding carboxylic acids is 1. The maximum atomic E-state index is 13.0. The van der Waals surface area contributed by atoms with Gasteiger partial charge in [-0.3, -0.25) is 4.79 Å². The van der Waals surface area contributed by atoms with Crippen molar-refractivity contribution >= 4 is 27.2 Å². The van der Waals surface area contributed by atoms with Crippen molar-refractivity contribution in [3.8, 4) is 5.75 Å². The van der Waals surface area contributed by atoms with E-state index in [1.165, 1.54) is 40.7 Å². The molecule has 0 atom stereocenters. The van der Waals surface area contributed by atoms with E-state index in [0.29, 0.717) is 42.9 Å². The highest BCUT2D eigenvalue weighted by Gasteiger charge is 2.32. The van der Waals surface area contributed by atoms with Crippen LogP contribution in [-0.2, 0) is 25.7 Å². The highest BCUT2D eigenvalue weighted by Crippen LogP contribution is 2.38. The Balaban J connectivity index is 1.50. The molecule has 11 heteroatoms. The van der Waals surface area contributed by atoms with Crippen LogP contribution in [0.5, 0.6) is 5.75 Å². The van der Waals surface area contributed by atoms with Crippen molar-refractivity contribution < 1.29 is 35.9 Å². The van der Waals surface area contributed by atoms with Crippen molar-refractivity contribution in [2.75, 3.05) is 38.2 Å². The second kappa shape index (κ2) is 9.77. The molecule has 0 radical (unpaired) electrons. The van der Waals surface area contributed by atoms with Crippen LogP contribution in [-0.4, -0.2) is 51.5 Å². The molecule has 182 valence electrons.